The largest absolute Gasteiger partial charge is 0.526 e. The SMILES string of the molecule is O=C(CC(O)(CC(=O)OP(=O)(O)O)C(=O)O)OC(=O)[C@H](O)[C@@H](O)[C@H](O)[C@H](O)CO. The van der Waals surface area contributed by atoms with E-state index in [2.05, 4.69) is 9.26 Å². The molecular formula is C12H19O16P. The van der Waals surface area contributed by atoms with Crippen LogP contribution in [0.1, 0.15) is 12.8 Å². The maximum Gasteiger partial charge on any atom is 0.526 e. The van der Waals surface area contributed by atoms with Crippen molar-refractivity contribution >= 4 is 31.7 Å². The first-order valence-corrected chi connectivity index (χ1v) is 8.88. The molecule has 0 saturated carbocycles. The number of aliphatic hydroxyl groups excluding tert-OH is 5. The lowest BCUT2D eigenvalue weighted by Gasteiger charge is -2.25. The second kappa shape index (κ2) is 10.7. The highest BCUT2D eigenvalue weighted by molar-refractivity contribution is 7.46. The van der Waals surface area contributed by atoms with Crippen molar-refractivity contribution in [3.8, 4) is 0 Å². The molecule has 168 valence electrons. The standard InChI is InChI=1S/C12H19O16P/c13-3-4(14)7(17)8(18)9(19)10(20)27-5(15)1-12(23,11(21)22)2-6(16)28-29(24,25)26/h4,7-9,13-14,17-19,23H,1-3H2,(H,21,22)(H2,24,25,26)/t4-,7-,8+,9-,12?/m1/s1. The Morgan fingerprint density at radius 3 is 1.83 bits per heavy atom. The third kappa shape index (κ3) is 8.90. The third-order valence-electron chi connectivity index (χ3n) is 3.20. The molecule has 0 fully saturated rings. The molecule has 0 aliphatic heterocycles. The summed E-state index contributed by atoms with van der Waals surface area (Å²) >= 11 is 0. The van der Waals surface area contributed by atoms with Gasteiger partial charge >= 0.3 is 31.7 Å². The average Bonchev–Trinajstić information content (AvgIpc) is 2.56. The highest BCUT2D eigenvalue weighted by atomic mass is 31.2. The molecule has 5 atom stereocenters. The molecular weight excluding hydrogens is 431 g/mol. The predicted molar refractivity (Wildman–Crippen MR) is 82.2 cm³/mol. The van der Waals surface area contributed by atoms with E-state index < -0.39 is 81.2 Å². The normalized spacial score (nSPS) is 17.9. The Bertz CT molecular complexity index is 671. The smallest absolute Gasteiger partial charge is 0.479 e. The van der Waals surface area contributed by atoms with Crippen molar-refractivity contribution in [3.63, 3.8) is 0 Å². The molecule has 0 heterocycles. The van der Waals surface area contributed by atoms with Crippen LogP contribution in [0, 0.1) is 0 Å². The summed E-state index contributed by atoms with van der Waals surface area (Å²) in [4.78, 5) is 62.3. The number of carbonyl (C=O) groups excluding carboxylic acids is 3. The molecule has 17 heteroatoms. The topological polar surface area (TPSA) is 286 Å². The van der Waals surface area contributed by atoms with Gasteiger partial charge in [-0.25, -0.2) is 14.2 Å². The molecule has 29 heavy (non-hydrogen) atoms. The van der Waals surface area contributed by atoms with Gasteiger partial charge in [-0.3, -0.25) is 19.4 Å². The fourth-order valence-electron chi connectivity index (χ4n) is 1.73. The summed E-state index contributed by atoms with van der Waals surface area (Å²) in [5.74, 6) is -7.99. The van der Waals surface area contributed by atoms with Crippen LogP contribution in [-0.4, -0.2) is 106 Å². The lowest BCUT2D eigenvalue weighted by Crippen LogP contribution is -2.50. The number of hydrogen-bond donors (Lipinski definition) is 9. The molecule has 0 aromatic rings. The van der Waals surface area contributed by atoms with Crippen molar-refractivity contribution in [2.24, 2.45) is 0 Å². The Hall–Kier alpha value is -2.01. The number of carboxylic acid groups (broad SMARTS) is 1. The summed E-state index contributed by atoms with van der Waals surface area (Å²) in [7, 11) is -5.39. The van der Waals surface area contributed by atoms with E-state index in [1.165, 1.54) is 0 Å². The molecule has 9 N–H and O–H groups in total. The quantitative estimate of drug-likeness (QED) is 0.0806. The third-order valence-corrected chi connectivity index (χ3v) is 3.64. The van der Waals surface area contributed by atoms with Crippen molar-refractivity contribution < 1.29 is 78.5 Å². The van der Waals surface area contributed by atoms with Crippen molar-refractivity contribution in [2.75, 3.05) is 6.61 Å². The number of rotatable bonds is 11. The molecule has 0 aliphatic rings. The van der Waals surface area contributed by atoms with E-state index in [1.54, 1.807) is 0 Å². The fraction of sp³-hybridized carbons (Fsp3) is 0.667. The van der Waals surface area contributed by atoms with Crippen molar-refractivity contribution in [3.05, 3.63) is 0 Å². The van der Waals surface area contributed by atoms with Crippen molar-refractivity contribution in [2.45, 2.75) is 42.9 Å². The fourth-order valence-corrected chi connectivity index (χ4v) is 2.06. The van der Waals surface area contributed by atoms with E-state index in [0.717, 1.165) is 0 Å². The Morgan fingerprint density at radius 1 is 0.931 bits per heavy atom. The van der Waals surface area contributed by atoms with E-state index in [-0.39, 0.29) is 0 Å². The molecule has 0 radical (unpaired) electrons. The predicted octanol–water partition coefficient (Wildman–Crippen LogP) is -5.28. The average molecular weight is 450 g/mol. The molecule has 0 spiro atoms. The van der Waals surface area contributed by atoms with Gasteiger partial charge in [0.25, 0.3) is 0 Å². The summed E-state index contributed by atoms with van der Waals surface area (Å²) in [6.07, 6.45) is -12.6. The first kappa shape index (κ1) is 27.0. The van der Waals surface area contributed by atoms with E-state index in [1.807, 2.05) is 0 Å². The van der Waals surface area contributed by atoms with Gasteiger partial charge in [0, 0.05) is 0 Å². The maximum atomic E-state index is 11.6. The number of hydrogen-bond acceptors (Lipinski definition) is 13. The second-order valence-electron chi connectivity index (χ2n) is 5.61. The van der Waals surface area contributed by atoms with Crippen LogP contribution in [0.3, 0.4) is 0 Å². The van der Waals surface area contributed by atoms with Gasteiger partial charge in [-0.2, -0.15) is 0 Å². The number of phosphoric ester groups is 1. The highest BCUT2D eigenvalue weighted by Crippen LogP contribution is 2.37. The van der Waals surface area contributed by atoms with Crippen LogP contribution < -0.4 is 0 Å². The van der Waals surface area contributed by atoms with Crippen LogP contribution in [0.15, 0.2) is 0 Å². The van der Waals surface area contributed by atoms with Crippen LogP contribution >= 0.6 is 7.82 Å². The number of esters is 2. The van der Waals surface area contributed by atoms with Crippen LogP contribution in [0.5, 0.6) is 0 Å². The second-order valence-corrected chi connectivity index (χ2v) is 6.78. The Kier molecular flexibility index (Phi) is 9.94. The number of aliphatic carboxylic acids is 1. The van der Waals surface area contributed by atoms with Gasteiger partial charge in [-0.05, 0) is 0 Å². The zero-order valence-corrected chi connectivity index (χ0v) is 15.2. The molecule has 0 aliphatic carbocycles. The minimum Gasteiger partial charge on any atom is -0.479 e. The number of carboxylic acids is 1. The lowest BCUT2D eigenvalue weighted by atomic mass is 9.96. The van der Waals surface area contributed by atoms with Crippen molar-refractivity contribution in [1.82, 2.24) is 0 Å². The molecule has 0 aromatic heterocycles. The van der Waals surface area contributed by atoms with Crippen molar-refractivity contribution in [1.29, 1.82) is 0 Å². The molecule has 0 amide bonds. The number of aliphatic hydroxyl groups is 6. The van der Waals surface area contributed by atoms with Crippen LogP contribution in [0.2, 0.25) is 0 Å². The zero-order chi connectivity index (χ0) is 23.2. The summed E-state index contributed by atoms with van der Waals surface area (Å²) in [6, 6.07) is 0. The van der Waals surface area contributed by atoms with E-state index >= 15 is 0 Å². The van der Waals surface area contributed by atoms with E-state index in [9.17, 15) is 44.2 Å². The molecule has 0 aromatic carbocycles. The minimum atomic E-state index is -5.39. The highest BCUT2D eigenvalue weighted by Gasteiger charge is 2.44. The number of phosphoric acid groups is 1. The Morgan fingerprint density at radius 2 is 1.41 bits per heavy atom. The van der Waals surface area contributed by atoms with Gasteiger partial charge in [-0.15, -0.1) is 0 Å². The lowest BCUT2D eigenvalue weighted by molar-refractivity contribution is -0.182. The summed E-state index contributed by atoms with van der Waals surface area (Å²) < 4.78 is 18.0. The van der Waals surface area contributed by atoms with Gasteiger partial charge in [0.1, 0.15) is 18.3 Å². The van der Waals surface area contributed by atoms with Crippen LogP contribution in [-0.2, 0) is 33.0 Å². The number of carbonyl (C=O) groups is 4. The maximum absolute atomic E-state index is 11.6. The summed E-state index contributed by atoms with van der Waals surface area (Å²) in [5, 5.41) is 64.7. The van der Waals surface area contributed by atoms with Gasteiger partial charge in [-0.1, -0.05) is 0 Å². The van der Waals surface area contributed by atoms with Crippen LogP contribution in [0.25, 0.3) is 0 Å². The monoisotopic (exact) mass is 450 g/mol. The first-order valence-electron chi connectivity index (χ1n) is 7.35. The van der Waals surface area contributed by atoms with Gasteiger partial charge in [0.05, 0.1) is 19.4 Å². The summed E-state index contributed by atoms with van der Waals surface area (Å²) in [5.41, 5.74) is -3.33. The van der Waals surface area contributed by atoms with Gasteiger partial charge < -0.3 is 45.0 Å². The Balaban J connectivity index is 5.08. The zero-order valence-electron chi connectivity index (χ0n) is 14.3. The molecule has 0 rings (SSSR count). The first-order chi connectivity index (χ1) is 13.0. The van der Waals surface area contributed by atoms with E-state index in [4.69, 9.17) is 25.1 Å². The molecule has 0 bridgehead atoms. The van der Waals surface area contributed by atoms with Gasteiger partial charge in [0.2, 0.25) is 0 Å². The van der Waals surface area contributed by atoms with Gasteiger partial charge in [0.15, 0.2) is 11.7 Å². The van der Waals surface area contributed by atoms with E-state index in [0.29, 0.717) is 0 Å². The molecule has 16 nitrogen and oxygen atoms in total. The molecule has 1 unspecified atom stereocenters. The Labute approximate surface area is 160 Å². The molecule has 0 saturated heterocycles. The van der Waals surface area contributed by atoms with Crippen LogP contribution in [0.4, 0.5) is 0 Å². The number of ether oxygens (including phenoxy) is 1. The summed E-state index contributed by atoms with van der Waals surface area (Å²) in [6.45, 7) is -1.07. The minimum absolute atomic E-state index is 1.07.